The molecule has 2 heterocycles. The maximum atomic E-state index is 12.9. The second kappa shape index (κ2) is 10.0. The molecule has 0 aliphatic carbocycles. The van der Waals surface area contributed by atoms with Gasteiger partial charge in [-0.05, 0) is 49.9 Å². The highest BCUT2D eigenvalue weighted by molar-refractivity contribution is 5.79. The molecule has 154 valence electrons. The number of amides is 1. The van der Waals surface area contributed by atoms with Crippen molar-refractivity contribution in [2.75, 3.05) is 32.7 Å². The van der Waals surface area contributed by atoms with E-state index in [-0.39, 0.29) is 11.9 Å². The molecule has 0 saturated carbocycles. The molecule has 4 heteroatoms. The highest BCUT2D eigenvalue weighted by atomic mass is 16.2. The van der Waals surface area contributed by atoms with Crippen molar-refractivity contribution in [2.24, 2.45) is 0 Å². The number of hydrogen-bond donors (Lipinski definition) is 1. The standard InChI is InChI=1S/C25H33N3O/c29-24(20-27-18-14-23(15-19-27)28-16-8-3-9-17-28)26-25(21-10-4-1-5-11-21)22-12-6-2-7-13-22/h1-2,4-7,10-13,23,25H,3,8-9,14-20H2,(H,26,29). The van der Waals surface area contributed by atoms with Gasteiger partial charge in [0.1, 0.15) is 0 Å². The van der Waals surface area contributed by atoms with E-state index in [4.69, 9.17) is 0 Å². The molecule has 1 N–H and O–H groups in total. The number of nitrogens with zero attached hydrogens (tertiary/aromatic N) is 2. The van der Waals surface area contributed by atoms with Gasteiger partial charge in [0.25, 0.3) is 0 Å². The summed E-state index contributed by atoms with van der Waals surface area (Å²) in [5.41, 5.74) is 2.24. The Hall–Kier alpha value is -2.17. The Morgan fingerprint density at radius 1 is 0.828 bits per heavy atom. The number of likely N-dealkylation sites (tertiary alicyclic amines) is 2. The summed E-state index contributed by atoms with van der Waals surface area (Å²) >= 11 is 0. The van der Waals surface area contributed by atoms with E-state index in [1.165, 1.54) is 45.2 Å². The zero-order chi connectivity index (χ0) is 19.9. The zero-order valence-corrected chi connectivity index (χ0v) is 17.3. The molecule has 2 aliphatic rings. The van der Waals surface area contributed by atoms with Crippen LogP contribution in [0.15, 0.2) is 60.7 Å². The first-order valence-electron chi connectivity index (χ1n) is 11.2. The van der Waals surface area contributed by atoms with Crippen LogP contribution >= 0.6 is 0 Å². The molecule has 2 saturated heterocycles. The Labute approximate surface area is 174 Å². The van der Waals surface area contributed by atoms with Crippen molar-refractivity contribution in [3.8, 4) is 0 Å². The smallest absolute Gasteiger partial charge is 0.234 e. The summed E-state index contributed by atoms with van der Waals surface area (Å²) in [6.07, 6.45) is 6.47. The Morgan fingerprint density at radius 2 is 1.38 bits per heavy atom. The van der Waals surface area contributed by atoms with E-state index >= 15 is 0 Å². The molecule has 0 aromatic heterocycles. The van der Waals surface area contributed by atoms with Gasteiger partial charge in [-0.1, -0.05) is 67.1 Å². The van der Waals surface area contributed by atoms with Crippen LogP contribution in [0, 0.1) is 0 Å². The van der Waals surface area contributed by atoms with Gasteiger partial charge in [-0.15, -0.1) is 0 Å². The van der Waals surface area contributed by atoms with Crippen LogP contribution in [-0.2, 0) is 4.79 Å². The van der Waals surface area contributed by atoms with Crippen LogP contribution in [-0.4, -0.2) is 54.5 Å². The van der Waals surface area contributed by atoms with Crippen LogP contribution in [0.5, 0.6) is 0 Å². The highest BCUT2D eigenvalue weighted by Gasteiger charge is 2.27. The van der Waals surface area contributed by atoms with Crippen LogP contribution in [0.3, 0.4) is 0 Å². The third-order valence-corrected chi connectivity index (χ3v) is 6.40. The molecule has 0 unspecified atom stereocenters. The van der Waals surface area contributed by atoms with Gasteiger partial charge in [-0.2, -0.15) is 0 Å². The van der Waals surface area contributed by atoms with E-state index in [0.717, 1.165) is 30.3 Å². The van der Waals surface area contributed by atoms with Gasteiger partial charge >= 0.3 is 0 Å². The van der Waals surface area contributed by atoms with Crippen molar-refractivity contribution < 1.29 is 4.79 Å². The number of rotatable bonds is 6. The van der Waals surface area contributed by atoms with E-state index in [9.17, 15) is 4.79 Å². The monoisotopic (exact) mass is 391 g/mol. The van der Waals surface area contributed by atoms with Crippen molar-refractivity contribution in [1.29, 1.82) is 0 Å². The van der Waals surface area contributed by atoms with Crippen LogP contribution in [0.4, 0.5) is 0 Å². The van der Waals surface area contributed by atoms with Gasteiger partial charge in [0.2, 0.25) is 5.91 Å². The average Bonchev–Trinajstić information content (AvgIpc) is 2.80. The third kappa shape index (κ3) is 5.46. The highest BCUT2D eigenvalue weighted by Crippen LogP contribution is 2.23. The lowest BCUT2D eigenvalue weighted by Crippen LogP contribution is -2.49. The van der Waals surface area contributed by atoms with Gasteiger partial charge in [-0.25, -0.2) is 0 Å². The summed E-state index contributed by atoms with van der Waals surface area (Å²) in [7, 11) is 0. The predicted molar refractivity (Wildman–Crippen MR) is 118 cm³/mol. The molecule has 0 atom stereocenters. The Kier molecular flexibility index (Phi) is 6.96. The Bertz CT molecular complexity index is 711. The van der Waals surface area contributed by atoms with E-state index in [0.29, 0.717) is 6.54 Å². The van der Waals surface area contributed by atoms with E-state index < -0.39 is 0 Å². The van der Waals surface area contributed by atoms with Crippen molar-refractivity contribution in [2.45, 2.75) is 44.2 Å². The molecule has 2 aromatic carbocycles. The molecule has 29 heavy (non-hydrogen) atoms. The first-order valence-corrected chi connectivity index (χ1v) is 11.2. The van der Waals surface area contributed by atoms with Gasteiger partial charge in [-0.3, -0.25) is 9.69 Å². The van der Waals surface area contributed by atoms with Gasteiger partial charge in [0.15, 0.2) is 0 Å². The largest absolute Gasteiger partial charge is 0.344 e. The molecule has 2 fully saturated rings. The van der Waals surface area contributed by atoms with Gasteiger partial charge < -0.3 is 10.2 Å². The molecular weight excluding hydrogens is 358 g/mol. The fraction of sp³-hybridized carbons (Fsp3) is 0.480. The first-order chi connectivity index (χ1) is 14.3. The van der Waals surface area contributed by atoms with E-state index in [2.05, 4.69) is 39.4 Å². The van der Waals surface area contributed by atoms with Gasteiger partial charge in [0.05, 0.1) is 12.6 Å². The third-order valence-electron chi connectivity index (χ3n) is 6.40. The maximum absolute atomic E-state index is 12.9. The molecule has 1 amide bonds. The topological polar surface area (TPSA) is 35.6 Å². The summed E-state index contributed by atoms with van der Waals surface area (Å²) in [5.74, 6) is 0.110. The average molecular weight is 392 g/mol. The Balaban J connectivity index is 1.33. The number of nitrogens with one attached hydrogen (secondary N) is 1. The van der Waals surface area contributed by atoms with Crippen molar-refractivity contribution >= 4 is 5.91 Å². The lowest BCUT2D eigenvalue weighted by Gasteiger charge is -2.40. The number of piperidine rings is 2. The van der Waals surface area contributed by atoms with Crippen molar-refractivity contribution in [1.82, 2.24) is 15.1 Å². The SMILES string of the molecule is O=C(CN1CCC(N2CCCCC2)CC1)NC(c1ccccc1)c1ccccc1. The summed E-state index contributed by atoms with van der Waals surface area (Å²) in [4.78, 5) is 17.9. The van der Waals surface area contributed by atoms with Crippen LogP contribution in [0.2, 0.25) is 0 Å². The normalized spacial score (nSPS) is 19.3. The molecular formula is C25H33N3O. The molecule has 0 bridgehead atoms. The van der Waals surface area contributed by atoms with Crippen LogP contribution < -0.4 is 5.32 Å². The fourth-order valence-corrected chi connectivity index (χ4v) is 4.79. The van der Waals surface area contributed by atoms with Crippen molar-refractivity contribution in [3.63, 3.8) is 0 Å². The van der Waals surface area contributed by atoms with Crippen molar-refractivity contribution in [3.05, 3.63) is 71.8 Å². The molecule has 4 nitrogen and oxygen atoms in total. The summed E-state index contributed by atoms with van der Waals surface area (Å²) in [6.45, 7) is 5.07. The number of hydrogen-bond acceptors (Lipinski definition) is 3. The lowest BCUT2D eigenvalue weighted by atomic mass is 9.98. The molecule has 2 aliphatic heterocycles. The number of carbonyl (C=O) groups excluding carboxylic acids is 1. The van der Waals surface area contributed by atoms with Crippen LogP contribution in [0.25, 0.3) is 0 Å². The predicted octanol–water partition coefficient (Wildman–Crippen LogP) is 3.84. The molecule has 0 radical (unpaired) electrons. The van der Waals surface area contributed by atoms with E-state index in [1.807, 2.05) is 36.4 Å². The van der Waals surface area contributed by atoms with Crippen LogP contribution in [0.1, 0.15) is 49.3 Å². The number of benzene rings is 2. The van der Waals surface area contributed by atoms with Gasteiger partial charge in [0, 0.05) is 19.1 Å². The number of carbonyl (C=O) groups is 1. The molecule has 4 rings (SSSR count). The summed E-state index contributed by atoms with van der Waals surface area (Å²) < 4.78 is 0. The first kappa shape index (κ1) is 20.1. The quantitative estimate of drug-likeness (QED) is 0.813. The lowest BCUT2D eigenvalue weighted by molar-refractivity contribution is -0.123. The second-order valence-electron chi connectivity index (χ2n) is 8.43. The van der Waals surface area contributed by atoms with E-state index in [1.54, 1.807) is 0 Å². The minimum absolute atomic E-state index is 0.101. The fourth-order valence-electron chi connectivity index (χ4n) is 4.79. The summed E-state index contributed by atoms with van der Waals surface area (Å²) in [6, 6.07) is 21.1. The summed E-state index contributed by atoms with van der Waals surface area (Å²) in [5, 5.41) is 3.28. The molecule has 2 aromatic rings. The minimum Gasteiger partial charge on any atom is -0.344 e. The Morgan fingerprint density at radius 3 is 1.93 bits per heavy atom. The molecule has 0 spiro atoms. The maximum Gasteiger partial charge on any atom is 0.234 e. The zero-order valence-electron chi connectivity index (χ0n) is 17.3. The minimum atomic E-state index is -0.101. The second-order valence-corrected chi connectivity index (χ2v) is 8.43.